The number of carbonyl (C=O) groups is 1. The first kappa shape index (κ1) is 14.9. The third-order valence-corrected chi connectivity index (χ3v) is 2.68. The van der Waals surface area contributed by atoms with Crippen molar-refractivity contribution in [3.63, 3.8) is 0 Å². The fourth-order valence-corrected chi connectivity index (χ4v) is 1.64. The molecule has 1 aromatic rings. The zero-order valence-corrected chi connectivity index (χ0v) is 11.9. The van der Waals surface area contributed by atoms with Crippen LogP contribution in [0.5, 0.6) is 17.2 Å². The predicted molar refractivity (Wildman–Crippen MR) is 71.4 cm³/mol. The summed E-state index contributed by atoms with van der Waals surface area (Å²) in [5.74, 6) is 1.26. The molecule has 0 heterocycles. The lowest BCUT2D eigenvalue weighted by Crippen LogP contribution is -2.26. The van der Waals surface area contributed by atoms with E-state index in [1.165, 1.54) is 14.2 Å². The van der Waals surface area contributed by atoms with Gasteiger partial charge in [-0.25, -0.2) is 0 Å². The molecule has 0 saturated carbocycles. The summed E-state index contributed by atoms with van der Waals surface area (Å²) in [6, 6.07) is 3.54. The molecule has 6 heteroatoms. The number of hydrogen-bond donors (Lipinski definition) is 0. The van der Waals surface area contributed by atoms with Crippen LogP contribution in [0.15, 0.2) is 12.1 Å². The predicted octanol–water partition coefficient (Wildman–Crippen LogP) is 1.32. The topological polar surface area (TPSA) is 57.2 Å². The van der Waals surface area contributed by atoms with E-state index < -0.39 is 0 Å². The Bertz CT molecular complexity index is 422. The highest BCUT2D eigenvalue weighted by atomic mass is 16.5. The highest BCUT2D eigenvalue weighted by Gasteiger charge is 2.16. The fourth-order valence-electron chi connectivity index (χ4n) is 1.64. The molecule has 0 N–H and O–H groups in total. The van der Waals surface area contributed by atoms with Crippen molar-refractivity contribution in [2.45, 2.75) is 0 Å². The van der Waals surface area contributed by atoms with Gasteiger partial charge in [0.25, 0.3) is 0 Å². The Morgan fingerprint density at radius 2 is 1.58 bits per heavy atom. The van der Waals surface area contributed by atoms with Crippen LogP contribution in [0.25, 0.3) is 0 Å². The summed E-state index contributed by atoms with van der Waals surface area (Å²) < 4.78 is 20.4. The largest absolute Gasteiger partial charge is 0.493 e. The van der Waals surface area contributed by atoms with Crippen LogP contribution in [-0.4, -0.2) is 48.0 Å². The van der Waals surface area contributed by atoms with Crippen LogP contribution in [0, 0.1) is 0 Å². The second kappa shape index (κ2) is 6.72. The number of carbonyl (C=O) groups excluding carboxylic acids is 1. The van der Waals surface area contributed by atoms with Crippen molar-refractivity contribution in [1.82, 2.24) is 0 Å². The van der Waals surface area contributed by atoms with Crippen molar-refractivity contribution in [1.29, 1.82) is 0 Å². The van der Waals surface area contributed by atoms with Gasteiger partial charge in [-0.1, -0.05) is 0 Å². The summed E-state index contributed by atoms with van der Waals surface area (Å²) in [6.07, 6.45) is 0. The highest BCUT2D eigenvalue weighted by molar-refractivity contribution is 5.76. The number of benzene rings is 1. The van der Waals surface area contributed by atoms with Gasteiger partial charge in [-0.05, 0) is 0 Å². The lowest BCUT2D eigenvalue weighted by atomic mass is 10.2. The number of methoxy groups -OCH3 is 4. The van der Waals surface area contributed by atoms with E-state index in [0.717, 1.165) is 5.69 Å². The van der Waals surface area contributed by atoms with Gasteiger partial charge >= 0.3 is 5.97 Å². The van der Waals surface area contributed by atoms with Crippen LogP contribution in [-0.2, 0) is 9.53 Å². The first-order valence-electron chi connectivity index (χ1n) is 5.65. The molecule has 0 amide bonds. The van der Waals surface area contributed by atoms with Crippen LogP contribution in [0.2, 0.25) is 0 Å². The van der Waals surface area contributed by atoms with Crippen LogP contribution in [0.1, 0.15) is 0 Å². The third-order valence-electron chi connectivity index (χ3n) is 2.68. The maximum atomic E-state index is 11.3. The molecule has 19 heavy (non-hydrogen) atoms. The molecule has 0 unspecified atom stereocenters. The minimum atomic E-state index is -0.323. The molecule has 0 aliphatic rings. The van der Waals surface area contributed by atoms with Gasteiger partial charge in [0.1, 0.15) is 6.54 Å². The maximum Gasteiger partial charge on any atom is 0.325 e. The zero-order valence-electron chi connectivity index (χ0n) is 11.9. The summed E-state index contributed by atoms with van der Waals surface area (Å²) in [6.45, 7) is 0.134. The van der Waals surface area contributed by atoms with Crippen LogP contribution in [0.3, 0.4) is 0 Å². The van der Waals surface area contributed by atoms with Crippen molar-refractivity contribution in [3.8, 4) is 17.2 Å². The first-order valence-corrected chi connectivity index (χ1v) is 5.65. The van der Waals surface area contributed by atoms with E-state index in [-0.39, 0.29) is 12.5 Å². The van der Waals surface area contributed by atoms with Gasteiger partial charge in [0.2, 0.25) is 5.75 Å². The minimum Gasteiger partial charge on any atom is -0.493 e. The van der Waals surface area contributed by atoms with Crippen molar-refractivity contribution in [2.75, 3.05) is 46.9 Å². The third kappa shape index (κ3) is 3.43. The Balaban J connectivity index is 3.11. The van der Waals surface area contributed by atoms with E-state index in [1.807, 2.05) is 0 Å². The van der Waals surface area contributed by atoms with E-state index in [1.54, 1.807) is 38.3 Å². The molecule has 1 aromatic carbocycles. The quantitative estimate of drug-likeness (QED) is 0.726. The number of hydrogen-bond acceptors (Lipinski definition) is 6. The smallest absolute Gasteiger partial charge is 0.325 e. The summed E-state index contributed by atoms with van der Waals surface area (Å²) in [4.78, 5) is 13.0. The first-order chi connectivity index (χ1) is 9.07. The number of rotatable bonds is 6. The van der Waals surface area contributed by atoms with E-state index in [2.05, 4.69) is 4.74 Å². The Labute approximate surface area is 112 Å². The molecule has 0 spiro atoms. The van der Waals surface area contributed by atoms with Crippen LogP contribution < -0.4 is 19.1 Å². The molecule has 1 rings (SSSR count). The Morgan fingerprint density at radius 1 is 1.05 bits per heavy atom. The van der Waals surface area contributed by atoms with Crippen molar-refractivity contribution >= 4 is 11.7 Å². The average molecular weight is 269 g/mol. The summed E-state index contributed by atoms with van der Waals surface area (Å²) in [5.41, 5.74) is 0.764. The van der Waals surface area contributed by atoms with Gasteiger partial charge in [-0.3, -0.25) is 4.79 Å². The normalized spacial score (nSPS) is 9.74. The van der Waals surface area contributed by atoms with E-state index >= 15 is 0 Å². The molecule has 0 aliphatic carbocycles. The van der Waals surface area contributed by atoms with Crippen molar-refractivity contribution < 1.29 is 23.7 Å². The standard InChI is InChI=1S/C13H19NO5/c1-14(8-12(15)18-4)9-6-10(16-2)13(19-5)11(7-9)17-3/h6-7H,8H2,1-5H3. The second-order valence-electron chi connectivity index (χ2n) is 3.82. The van der Waals surface area contributed by atoms with Gasteiger partial charge in [-0.2, -0.15) is 0 Å². The van der Waals surface area contributed by atoms with Crippen molar-refractivity contribution in [2.24, 2.45) is 0 Å². The van der Waals surface area contributed by atoms with Crippen molar-refractivity contribution in [3.05, 3.63) is 12.1 Å². The molecule has 6 nitrogen and oxygen atoms in total. The zero-order chi connectivity index (χ0) is 14.4. The van der Waals surface area contributed by atoms with Gasteiger partial charge < -0.3 is 23.8 Å². The highest BCUT2D eigenvalue weighted by Crippen LogP contribution is 2.40. The van der Waals surface area contributed by atoms with Gasteiger partial charge in [0, 0.05) is 24.9 Å². The molecule has 106 valence electrons. The lowest BCUT2D eigenvalue weighted by molar-refractivity contribution is -0.138. The Hall–Kier alpha value is -2.11. The molecular weight excluding hydrogens is 250 g/mol. The summed E-state index contributed by atoms with van der Waals surface area (Å²) in [5, 5.41) is 0. The molecule has 0 atom stereocenters. The monoisotopic (exact) mass is 269 g/mol. The maximum absolute atomic E-state index is 11.3. The second-order valence-corrected chi connectivity index (χ2v) is 3.82. The van der Waals surface area contributed by atoms with E-state index in [0.29, 0.717) is 17.2 Å². The number of anilines is 1. The molecule has 0 aliphatic heterocycles. The molecule has 0 radical (unpaired) electrons. The van der Waals surface area contributed by atoms with Gasteiger partial charge in [0.05, 0.1) is 28.4 Å². The SMILES string of the molecule is COC(=O)CN(C)c1cc(OC)c(OC)c(OC)c1. The Kier molecular flexibility index (Phi) is 5.29. The molecule has 0 fully saturated rings. The average Bonchev–Trinajstić information content (AvgIpc) is 2.44. The molecule has 0 saturated heterocycles. The molecule has 0 bridgehead atoms. The minimum absolute atomic E-state index is 0.134. The number of esters is 1. The van der Waals surface area contributed by atoms with E-state index in [4.69, 9.17) is 14.2 Å². The number of nitrogens with zero attached hydrogens (tertiary/aromatic N) is 1. The van der Waals surface area contributed by atoms with Crippen LogP contribution >= 0.6 is 0 Å². The number of ether oxygens (including phenoxy) is 4. The summed E-state index contributed by atoms with van der Waals surface area (Å²) in [7, 11) is 7.75. The fraction of sp³-hybridized carbons (Fsp3) is 0.462. The van der Waals surface area contributed by atoms with Crippen LogP contribution in [0.4, 0.5) is 5.69 Å². The summed E-state index contributed by atoms with van der Waals surface area (Å²) >= 11 is 0. The Morgan fingerprint density at radius 3 is 1.95 bits per heavy atom. The van der Waals surface area contributed by atoms with Gasteiger partial charge in [0.15, 0.2) is 11.5 Å². The number of likely N-dealkylation sites (N-methyl/N-ethyl adjacent to an activating group) is 1. The molecular formula is C13H19NO5. The van der Waals surface area contributed by atoms with E-state index in [9.17, 15) is 4.79 Å². The molecule has 0 aromatic heterocycles. The lowest BCUT2D eigenvalue weighted by Gasteiger charge is -2.21. The van der Waals surface area contributed by atoms with Gasteiger partial charge in [-0.15, -0.1) is 0 Å².